The first kappa shape index (κ1) is 15.7. The summed E-state index contributed by atoms with van der Waals surface area (Å²) in [6.07, 6.45) is -0.208. The van der Waals surface area contributed by atoms with Gasteiger partial charge in [-0.15, -0.1) is 0 Å². The normalized spacial score (nSPS) is 13.3. The smallest absolute Gasteiger partial charge is 0.152 e. The Morgan fingerprint density at radius 2 is 1.96 bits per heavy atom. The van der Waals surface area contributed by atoms with E-state index in [1.807, 2.05) is 31.2 Å². The first-order valence-corrected chi connectivity index (χ1v) is 7.93. The van der Waals surface area contributed by atoms with Crippen LogP contribution in [0.2, 0.25) is 0 Å². The number of nitrogen functional groups attached to an aromatic ring is 1. The molecule has 3 rings (SSSR count). The first-order chi connectivity index (χ1) is 11.0. The molecule has 6 nitrogen and oxygen atoms in total. The molecule has 6 heteroatoms. The summed E-state index contributed by atoms with van der Waals surface area (Å²) in [5.41, 5.74) is 15.1. The molecular formula is C17H23N5O. The molecule has 2 heterocycles. The molecule has 0 aliphatic rings. The molecule has 0 saturated heterocycles. The number of para-hydroxylation sites is 1. The van der Waals surface area contributed by atoms with Crippen molar-refractivity contribution < 1.29 is 4.74 Å². The van der Waals surface area contributed by atoms with E-state index in [0.29, 0.717) is 24.5 Å². The zero-order valence-corrected chi connectivity index (χ0v) is 13.8. The van der Waals surface area contributed by atoms with Crippen LogP contribution in [0.25, 0.3) is 21.9 Å². The number of fused-ring (bicyclic) bond motifs is 3. The number of imidazole rings is 1. The van der Waals surface area contributed by atoms with E-state index in [1.54, 1.807) is 0 Å². The second-order valence-electron chi connectivity index (χ2n) is 5.98. The van der Waals surface area contributed by atoms with E-state index in [0.717, 1.165) is 22.2 Å². The molecule has 0 fully saturated rings. The van der Waals surface area contributed by atoms with Gasteiger partial charge in [0.15, 0.2) is 5.82 Å². The van der Waals surface area contributed by atoms with Crippen molar-refractivity contribution in [3.05, 3.63) is 30.1 Å². The van der Waals surface area contributed by atoms with E-state index in [1.165, 1.54) is 0 Å². The highest BCUT2D eigenvalue weighted by Crippen LogP contribution is 2.31. The van der Waals surface area contributed by atoms with Crippen LogP contribution in [0.4, 0.5) is 5.82 Å². The van der Waals surface area contributed by atoms with Crippen LogP contribution >= 0.6 is 0 Å². The quantitative estimate of drug-likeness (QED) is 0.755. The van der Waals surface area contributed by atoms with Gasteiger partial charge in [-0.25, -0.2) is 9.97 Å². The minimum atomic E-state index is -0.208. The number of aromatic nitrogens is 3. The first-order valence-electron chi connectivity index (χ1n) is 7.93. The van der Waals surface area contributed by atoms with Crippen LogP contribution < -0.4 is 11.5 Å². The van der Waals surface area contributed by atoms with Gasteiger partial charge in [-0.05, 0) is 18.9 Å². The van der Waals surface area contributed by atoms with Gasteiger partial charge in [0.2, 0.25) is 0 Å². The number of rotatable bonds is 5. The predicted octanol–water partition coefficient (Wildman–Crippen LogP) is 2.82. The van der Waals surface area contributed by atoms with E-state index in [2.05, 4.69) is 28.4 Å². The van der Waals surface area contributed by atoms with Gasteiger partial charge in [0.25, 0.3) is 0 Å². The molecule has 3 aromatic rings. The average Bonchev–Trinajstić information content (AvgIpc) is 2.92. The van der Waals surface area contributed by atoms with Crippen molar-refractivity contribution in [2.75, 3.05) is 12.3 Å². The molecular weight excluding hydrogens is 290 g/mol. The molecule has 0 spiro atoms. The maximum atomic E-state index is 6.47. The van der Waals surface area contributed by atoms with Crippen molar-refractivity contribution in [3.63, 3.8) is 0 Å². The van der Waals surface area contributed by atoms with Gasteiger partial charge >= 0.3 is 0 Å². The Morgan fingerprint density at radius 3 is 2.65 bits per heavy atom. The van der Waals surface area contributed by atoms with Gasteiger partial charge in [-0.1, -0.05) is 32.0 Å². The van der Waals surface area contributed by atoms with Crippen LogP contribution in [0.15, 0.2) is 24.3 Å². The third kappa shape index (κ3) is 2.64. The van der Waals surface area contributed by atoms with Crippen LogP contribution in [0.3, 0.4) is 0 Å². The van der Waals surface area contributed by atoms with Gasteiger partial charge in [-0.3, -0.25) is 0 Å². The summed E-state index contributed by atoms with van der Waals surface area (Å²) in [7, 11) is 0. The minimum absolute atomic E-state index is 0.208. The second-order valence-corrected chi connectivity index (χ2v) is 5.98. The second kappa shape index (κ2) is 6.14. The van der Waals surface area contributed by atoms with E-state index in [-0.39, 0.29) is 12.1 Å². The number of hydrogen-bond acceptors (Lipinski definition) is 5. The highest BCUT2D eigenvalue weighted by molar-refractivity contribution is 6.06. The van der Waals surface area contributed by atoms with Crippen LogP contribution in [0, 0.1) is 5.92 Å². The van der Waals surface area contributed by atoms with Crippen molar-refractivity contribution >= 4 is 27.8 Å². The molecule has 1 unspecified atom stereocenters. The predicted molar refractivity (Wildman–Crippen MR) is 92.8 cm³/mol. The molecule has 23 heavy (non-hydrogen) atoms. The van der Waals surface area contributed by atoms with Crippen LogP contribution in [0.1, 0.15) is 32.8 Å². The Balaban J connectivity index is 2.37. The molecule has 1 atom stereocenters. The zero-order valence-electron chi connectivity index (χ0n) is 13.8. The highest BCUT2D eigenvalue weighted by atomic mass is 16.5. The molecule has 0 amide bonds. The number of ether oxygens (including phenoxy) is 1. The van der Waals surface area contributed by atoms with Crippen molar-refractivity contribution in [1.29, 1.82) is 0 Å². The lowest BCUT2D eigenvalue weighted by atomic mass is 10.1. The van der Waals surface area contributed by atoms with Crippen LogP contribution in [-0.4, -0.2) is 21.1 Å². The summed E-state index contributed by atoms with van der Waals surface area (Å²) in [5, 5.41) is 1.00. The van der Waals surface area contributed by atoms with Crippen molar-refractivity contribution in [2.24, 2.45) is 11.7 Å². The Bertz CT molecular complexity index is 840. The lowest BCUT2D eigenvalue weighted by Gasteiger charge is -2.21. The van der Waals surface area contributed by atoms with Gasteiger partial charge in [0.1, 0.15) is 17.9 Å². The Labute approximate surface area is 135 Å². The Morgan fingerprint density at radius 1 is 1.22 bits per heavy atom. The highest BCUT2D eigenvalue weighted by Gasteiger charge is 2.22. The van der Waals surface area contributed by atoms with Crippen molar-refractivity contribution in [3.8, 4) is 0 Å². The number of pyridine rings is 1. The molecule has 0 saturated carbocycles. The van der Waals surface area contributed by atoms with Gasteiger partial charge in [0.05, 0.1) is 17.2 Å². The maximum absolute atomic E-state index is 6.47. The number of nitrogens with two attached hydrogens (primary N) is 2. The fourth-order valence-electron chi connectivity index (χ4n) is 2.78. The van der Waals surface area contributed by atoms with Crippen LogP contribution in [-0.2, 0) is 11.3 Å². The molecule has 0 aliphatic carbocycles. The number of benzene rings is 1. The summed E-state index contributed by atoms with van der Waals surface area (Å²) in [4.78, 5) is 9.14. The molecule has 0 aliphatic heterocycles. The lowest BCUT2D eigenvalue weighted by Crippen LogP contribution is -2.26. The zero-order chi connectivity index (χ0) is 16.6. The summed E-state index contributed by atoms with van der Waals surface area (Å²) >= 11 is 0. The lowest BCUT2D eigenvalue weighted by molar-refractivity contribution is 0.123. The monoisotopic (exact) mass is 313 g/mol. The third-order valence-corrected chi connectivity index (χ3v) is 4.04. The summed E-state index contributed by atoms with van der Waals surface area (Å²) < 4.78 is 7.62. The van der Waals surface area contributed by atoms with E-state index < -0.39 is 0 Å². The van der Waals surface area contributed by atoms with Gasteiger partial charge < -0.3 is 20.8 Å². The molecule has 1 aromatic carbocycles. The topological polar surface area (TPSA) is 92.0 Å². The van der Waals surface area contributed by atoms with E-state index in [4.69, 9.17) is 16.2 Å². The molecule has 2 aromatic heterocycles. The molecule has 0 bridgehead atoms. The summed E-state index contributed by atoms with van der Waals surface area (Å²) in [6.45, 7) is 7.16. The number of nitrogens with zero attached hydrogens (tertiary/aromatic N) is 3. The number of hydrogen-bond donors (Lipinski definition) is 2. The molecule has 4 N–H and O–H groups in total. The fraction of sp³-hybridized carbons (Fsp3) is 0.412. The minimum Gasteiger partial charge on any atom is -0.382 e. The maximum Gasteiger partial charge on any atom is 0.152 e. The van der Waals surface area contributed by atoms with E-state index >= 15 is 0 Å². The Hall–Kier alpha value is -2.18. The summed E-state index contributed by atoms with van der Waals surface area (Å²) in [5.74, 6) is 1.46. The molecule has 122 valence electrons. The average molecular weight is 313 g/mol. The third-order valence-electron chi connectivity index (χ3n) is 4.04. The fourth-order valence-corrected chi connectivity index (χ4v) is 2.78. The van der Waals surface area contributed by atoms with E-state index in [9.17, 15) is 0 Å². The summed E-state index contributed by atoms with van der Waals surface area (Å²) in [6, 6.07) is 7.91. The largest absolute Gasteiger partial charge is 0.382 e. The Kier molecular flexibility index (Phi) is 4.19. The van der Waals surface area contributed by atoms with Crippen molar-refractivity contribution in [1.82, 2.24) is 14.5 Å². The SMILES string of the molecule is CCOCc1nc2c(N)nc3ccccc3c2n1C(N)C(C)C. The van der Waals surface area contributed by atoms with Crippen molar-refractivity contribution in [2.45, 2.75) is 33.5 Å². The molecule has 0 radical (unpaired) electrons. The number of anilines is 1. The standard InChI is InChI=1S/C17H23N5O/c1-4-23-9-13-21-14-15(22(13)17(19)10(2)3)11-7-5-6-8-12(11)20-16(14)18/h5-8,10,17H,4,9,19H2,1-3H3,(H2,18,20). The van der Waals surface area contributed by atoms with Gasteiger partial charge in [-0.2, -0.15) is 0 Å². The van der Waals surface area contributed by atoms with Crippen LogP contribution in [0.5, 0.6) is 0 Å². The van der Waals surface area contributed by atoms with Gasteiger partial charge in [0, 0.05) is 12.0 Å².